The third kappa shape index (κ3) is 2.42. The summed E-state index contributed by atoms with van der Waals surface area (Å²) in [4.78, 5) is 24.0. The van der Waals surface area contributed by atoms with Crippen molar-refractivity contribution in [1.29, 1.82) is 0 Å². The second kappa shape index (κ2) is 4.71. The molecule has 100 valence electrons. The molecular formula is C12H11NO6. The molecule has 2 unspecified atom stereocenters. The van der Waals surface area contributed by atoms with Crippen molar-refractivity contribution < 1.29 is 30.0 Å². The lowest BCUT2D eigenvalue weighted by atomic mass is 10.0. The van der Waals surface area contributed by atoms with E-state index in [0.29, 0.717) is 10.9 Å². The molecule has 1 aromatic carbocycles. The molecule has 2 rings (SSSR count). The number of hydrogen-bond donors (Lipinski definition) is 5. The van der Waals surface area contributed by atoms with Gasteiger partial charge in [-0.15, -0.1) is 0 Å². The van der Waals surface area contributed by atoms with E-state index in [1.165, 1.54) is 24.3 Å². The molecule has 0 saturated heterocycles. The van der Waals surface area contributed by atoms with Crippen LogP contribution in [0.5, 0.6) is 0 Å². The van der Waals surface area contributed by atoms with E-state index in [0.717, 1.165) is 0 Å². The summed E-state index contributed by atoms with van der Waals surface area (Å²) >= 11 is 0. The summed E-state index contributed by atoms with van der Waals surface area (Å²) in [6.07, 6.45) is -3.51. The Bertz CT molecular complexity index is 647. The number of H-pyrrole nitrogens is 1. The normalized spacial score (nSPS) is 14.2. The average molecular weight is 265 g/mol. The van der Waals surface area contributed by atoms with Crippen molar-refractivity contribution in [3.8, 4) is 0 Å². The number of carbonyl (C=O) groups is 2. The Morgan fingerprint density at radius 1 is 1.11 bits per heavy atom. The first-order valence-corrected chi connectivity index (χ1v) is 5.35. The van der Waals surface area contributed by atoms with Crippen LogP contribution in [0, 0.1) is 0 Å². The quantitative estimate of drug-likeness (QED) is 0.542. The van der Waals surface area contributed by atoms with E-state index in [9.17, 15) is 19.8 Å². The van der Waals surface area contributed by atoms with E-state index in [1.807, 2.05) is 0 Å². The summed E-state index contributed by atoms with van der Waals surface area (Å²) in [7, 11) is 0. The van der Waals surface area contributed by atoms with Crippen molar-refractivity contribution in [3.63, 3.8) is 0 Å². The van der Waals surface area contributed by atoms with Gasteiger partial charge in [0.05, 0.1) is 0 Å². The van der Waals surface area contributed by atoms with Crippen LogP contribution in [0.25, 0.3) is 10.9 Å². The molecule has 0 radical (unpaired) electrons. The van der Waals surface area contributed by atoms with Crippen LogP contribution in [0.3, 0.4) is 0 Å². The fourth-order valence-corrected chi connectivity index (χ4v) is 1.77. The molecule has 2 atom stereocenters. The first-order chi connectivity index (χ1) is 8.90. The van der Waals surface area contributed by atoms with Crippen LogP contribution in [0.2, 0.25) is 0 Å². The van der Waals surface area contributed by atoms with Gasteiger partial charge in [-0.05, 0) is 23.8 Å². The summed E-state index contributed by atoms with van der Waals surface area (Å²) in [6.45, 7) is 0. The Morgan fingerprint density at radius 2 is 1.79 bits per heavy atom. The molecule has 0 bridgehead atoms. The minimum Gasteiger partial charge on any atom is -0.479 e. The van der Waals surface area contributed by atoms with E-state index in [2.05, 4.69) is 4.98 Å². The molecule has 1 aromatic heterocycles. The number of aliphatic carboxylic acids is 1. The zero-order valence-electron chi connectivity index (χ0n) is 9.57. The number of rotatable bonds is 4. The molecular weight excluding hydrogens is 254 g/mol. The van der Waals surface area contributed by atoms with Gasteiger partial charge in [0.1, 0.15) is 11.8 Å². The highest BCUT2D eigenvalue weighted by molar-refractivity contribution is 5.94. The van der Waals surface area contributed by atoms with Gasteiger partial charge in [0.25, 0.3) is 0 Å². The molecule has 19 heavy (non-hydrogen) atoms. The smallest absolute Gasteiger partial charge is 0.352 e. The van der Waals surface area contributed by atoms with Gasteiger partial charge in [-0.25, -0.2) is 9.59 Å². The van der Waals surface area contributed by atoms with Crippen LogP contribution in [0.4, 0.5) is 0 Å². The summed E-state index contributed by atoms with van der Waals surface area (Å²) in [5, 5.41) is 36.9. The van der Waals surface area contributed by atoms with Crippen molar-refractivity contribution in [2.45, 2.75) is 12.2 Å². The van der Waals surface area contributed by atoms with Crippen LogP contribution < -0.4 is 0 Å². The molecule has 0 fully saturated rings. The summed E-state index contributed by atoms with van der Waals surface area (Å²) < 4.78 is 0. The third-order valence-electron chi connectivity index (χ3n) is 2.77. The molecule has 0 aliphatic rings. The number of nitrogens with one attached hydrogen (secondary N) is 1. The highest BCUT2D eigenvalue weighted by Gasteiger charge is 2.25. The first kappa shape index (κ1) is 13.1. The van der Waals surface area contributed by atoms with Gasteiger partial charge in [0.2, 0.25) is 0 Å². The van der Waals surface area contributed by atoms with Gasteiger partial charge < -0.3 is 25.4 Å². The lowest BCUT2D eigenvalue weighted by Crippen LogP contribution is -2.27. The SMILES string of the molecule is O=C(O)c1cc2cc(C(O)C(O)C(=O)O)ccc2[nH]1. The molecule has 0 spiro atoms. The van der Waals surface area contributed by atoms with Gasteiger partial charge >= 0.3 is 11.9 Å². The fourth-order valence-electron chi connectivity index (χ4n) is 1.77. The second-order valence-corrected chi connectivity index (χ2v) is 4.06. The van der Waals surface area contributed by atoms with Crippen molar-refractivity contribution >= 4 is 22.8 Å². The lowest BCUT2D eigenvalue weighted by molar-refractivity contribution is -0.153. The Kier molecular flexibility index (Phi) is 3.24. The highest BCUT2D eigenvalue weighted by Crippen LogP contribution is 2.23. The zero-order valence-corrected chi connectivity index (χ0v) is 9.57. The van der Waals surface area contributed by atoms with Crippen molar-refractivity contribution in [1.82, 2.24) is 4.98 Å². The number of aromatic amines is 1. The highest BCUT2D eigenvalue weighted by atomic mass is 16.4. The molecule has 1 heterocycles. The molecule has 7 heteroatoms. The van der Waals surface area contributed by atoms with Crippen LogP contribution in [-0.2, 0) is 4.79 Å². The van der Waals surface area contributed by atoms with E-state index in [4.69, 9.17) is 10.2 Å². The molecule has 2 aromatic rings. The van der Waals surface area contributed by atoms with Crippen molar-refractivity contribution in [2.24, 2.45) is 0 Å². The second-order valence-electron chi connectivity index (χ2n) is 4.06. The third-order valence-corrected chi connectivity index (χ3v) is 2.77. The maximum absolute atomic E-state index is 10.8. The average Bonchev–Trinajstić information content (AvgIpc) is 2.79. The van der Waals surface area contributed by atoms with Crippen LogP contribution in [0.1, 0.15) is 22.2 Å². The Balaban J connectivity index is 2.41. The fraction of sp³-hybridized carbons (Fsp3) is 0.167. The topological polar surface area (TPSA) is 131 Å². The maximum Gasteiger partial charge on any atom is 0.352 e. The van der Waals surface area contributed by atoms with Gasteiger partial charge in [-0.3, -0.25) is 0 Å². The first-order valence-electron chi connectivity index (χ1n) is 5.35. The number of fused-ring (bicyclic) bond motifs is 1. The van der Waals surface area contributed by atoms with Crippen LogP contribution >= 0.6 is 0 Å². The number of aromatic nitrogens is 1. The van der Waals surface area contributed by atoms with E-state index in [1.54, 1.807) is 0 Å². The van der Waals surface area contributed by atoms with Gasteiger partial charge in [0, 0.05) is 10.9 Å². The summed E-state index contributed by atoms with van der Waals surface area (Å²) in [5.74, 6) is -2.66. The number of carboxylic acid groups (broad SMARTS) is 2. The monoisotopic (exact) mass is 265 g/mol. The largest absolute Gasteiger partial charge is 0.479 e. The molecule has 7 nitrogen and oxygen atoms in total. The van der Waals surface area contributed by atoms with Crippen molar-refractivity contribution in [3.05, 3.63) is 35.5 Å². The Labute approximate surface area is 106 Å². The number of aliphatic hydroxyl groups is 2. The number of aliphatic hydroxyl groups excluding tert-OH is 2. The number of carboxylic acids is 2. The number of aromatic carboxylic acids is 1. The molecule has 0 saturated carbocycles. The Morgan fingerprint density at radius 3 is 2.37 bits per heavy atom. The zero-order chi connectivity index (χ0) is 14.2. The van der Waals surface area contributed by atoms with Crippen molar-refractivity contribution in [2.75, 3.05) is 0 Å². The minimum atomic E-state index is -1.93. The molecule has 0 aliphatic carbocycles. The van der Waals surface area contributed by atoms with E-state index < -0.39 is 24.1 Å². The summed E-state index contributed by atoms with van der Waals surface area (Å²) in [6, 6.07) is 5.71. The summed E-state index contributed by atoms with van der Waals surface area (Å²) in [5.41, 5.74) is 0.719. The van der Waals surface area contributed by atoms with Crippen LogP contribution in [-0.4, -0.2) is 43.5 Å². The van der Waals surface area contributed by atoms with Crippen LogP contribution in [0.15, 0.2) is 24.3 Å². The molecule has 0 amide bonds. The predicted octanol–water partition coefficient (Wildman–Crippen LogP) is 0.345. The Hall–Kier alpha value is -2.38. The van der Waals surface area contributed by atoms with Gasteiger partial charge in [0.15, 0.2) is 6.10 Å². The number of hydrogen-bond acceptors (Lipinski definition) is 4. The minimum absolute atomic E-state index is 0.0135. The maximum atomic E-state index is 10.8. The number of benzene rings is 1. The standard InChI is InChI=1S/C12H11NO6/c14-9(10(15)12(18)19)5-1-2-7-6(3-5)4-8(13-7)11(16)17/h1-4,9-10,13-15H,(H,16,17)(H,18,19). The lowest BCUT2D eigenvalue weighted by Gasteiger charge is -2.14. The van der Waals surface area contributed by atoms with Gasteiger partial charge in [-0.2, -0.15) is 0 Å². The molecule has 0 aliphatic heterocycles. The molecule has 5 N–H and O–H groups in total. The van der Waals surface area contributed by atoms with E-state index >= 15 is 0 Å². The van der Waals surface area contributed by atoms with Gasteiger partial charge in [-0.1, -0.05) is 6.07 Å². The van der Waals surface area contributed by atoms with E-state index in [-0.39, 0.29) is 11.3 Å². The predicted molar refractivity (Wildman–Crippen MR) is 63.9 cm³/mol.